The van der Waals surface area contributed by atoms with E-state index in [-0.39, 0.29) is 24.5 Å². The zero-order chi connectivity index (χ0) is 23.3. The molecule has 1 unspecified atom stereocenters. The molecule has 0 bridgehead atoms. The molecular formula is C21H22F3N3O4S. The summed E-state index contributed by atoms with van der Waals surface area (Å²) in [6.45, 7) is 2.39. The van der Waals surface area contributed by atoms with Crippen LogP contribution >= 0.6 is 0 Å². The number of fused-ring (bicyclic) bond motifs is 1. The Morgan fingerprint density at radius 1 is 1.19 bits per heavy atom. The van der Waals surface area contributed by atoms with Gasteiger partial charge in [-0.15, -0.1) is 0 Å². The topological polar surface area (TPSA) is 90.8 Å². The highest BCUT2D eigenvalue weighted by atomic mass is 32.2. The lowest BCUT2D eigenvalue weighted by molar-refractivity contribution is -0.139. The Hall–Kier alpha value is -2.66. The number of pyridine rings is 1. The molecule has 1 aliphatic carbocycles. The van der Waals surface area contributed by atoms with Crippen LogP contribution < -0.4 is 4.90 Å². The maximum Gasteiger partial charge on any atom is 0.417 e. The number of halogens is 3. The van der Waals surface area contributed by atoms with Crippen molar-refractivity contribution in [1.29, 1.82) is 0 Å². The van der Waals surface area contributed by atoms with E-state index in [1.54, 1.807) is 17.9 Å². The number of aromatic nitrogens is 1. The van der Waals surface area contributed by atoms with Crippen LogP contribution in [0.3, 0.4) is 0 Å². The number of nitrogens with zero attached hydrogens (tertiary/aromatic N) is 3. The van der Waals surface area contributed by atoms with E-state index < -0.39 is 39.7 Å². The molecule has 32 heavy (non-hydrogen) atoms. The fourth-order valence-corrected chi connectivity index (χ4v) is 6.03. The van der Waals surface area contributed by atoms with Gasteiger partial charge in [0.1, 0.15) is 5.82 Å². The number of hydrogen-bond donors (Lipinski definition) is 1. The molecule has 1 aromatic heterocycles. The quantitative estimate of drug-likeness (QED) is 0.740. The number of benzene rings is 1. The van der Waals surface area contributed by atoms with Crippen molar-refractivity contribution in [2.45, 2.75) is 42.8 Å². The molecule has 1 saturated heterocycles. The second-order valence-corrected chi connectivity index (χ2v) is 9.99. The van der Waals surface area contributed by atoms with Gasteiger partial charge >= 0.3 is 12.1 Å². The van der Waals surface area contributed by atoms with E-state index in [9.17, 15) is 31.5 Å². The SMILES string of the molecule is C[C@@H]1CN(c2ccc(C(F)(F)F)cn2)CCN1S(=O)(=O)c1ccc2c(c1)C(C(=O)O)CC2. The van der Waals surface area contributed by atoms with Gasteiger partial charge in [0.25, 0.3) is 0 Å². The van der Waals surface area contributed by atoms with Gasteiger partial charge in [-0.3, -0.25) is 4.79 Å². The van der Waals surface area contributed by atoms with Crippen molar-refractivity contribution in [3.05, 3.63) is 53.2 Å². The van der Waals surface area contributed by atoms with E-state index in [1.165, 1.54) is 22.5 Å². The number of anilines is 1. The fraction of sp³-hybridized carbons (Fsp3) is 0.429. The predicted molar refractivity (Wildman–Crippen MR) is 110 cm³/mol. The van der Waals surface area contributed by atoms with E-state index in [0.717, 1.165) is 17.8 Å². The summed E-state index contributed by atoms with van der Waals surface area (Å²) in [5.74, 6) is -1.33. The molecule has 2 atom stereocenters. The number of carboxylic acid groups (broad SMARTS) is 1. The monoisotopic (exact) mass is 469 g/mol. The lowest BCUT2D eigenvalue weighted by Crippen LogP contribution is -2.54. The van der Waals surface area contributed by atoms with Crippen molar-refractivity contribution in [2.24, 2.45) is 0 Å². The number of hydrogen-bond acceptors (Lipinski definition) is 5. The number of aryl methyl sites for hydroxylation is 1. The summed E-state index contributed by atoms with van der Waals surface area (Å²) in [5.41, 5.74) is 0.549. The van der Waals surface area contributed by atoms with Crippen LogP contribution in [0.2, 0.25) is 0 Å². The maximum absolute atomic E-state index is 13.3. The highest BCUT2D eigenvalue weighted by molar-refractivity contribution is 7.89. The molecule has 2 aliphatic rings. The van der Waals surface area contributed by atoms with Crippen LogP contribution in [-0.2, 0) is 27.4 Å². The van der Waals surface area contributed by atoms with Gasteiger partial charge < -0.3 is 10.0 Å². The smallest absolute Gasteiger partial charge is 0.417 e. The van der Waals surface area contributed by atoms with Crippen molar-refractivity contribution < 1.29 is 31.5 Å². The van der Waals surface area contributed by atoms with Gasteiger partial charge in [-0.2, -0.15) is 17.5 Å². The predicted octanol–water partition coefficient (Wildman–Crippen LogP) is 3.11. The Balaban J connectivity index is 1.52. The number of sulfonamides is 1. The molecule has 4 rings (SSSR count). The molecular weight excluding hydrogens is 447 g/mol. The summed E-state index contributed by atoms with van der Waals surface area (Å²) in [6, 6.07) is 6.44. The van der Waals surface area contributed by atoms with Crippen LogP contribution in [0.4, 0.5) is 19.0 Å². The molecule has 2 heterocycles. The maximum atomic E-state index is 13.3. The standard InChI is InChI=1S/C21H22F3N3O4S/c1-13-12-26(19-7-4-15(11-25-19)21(22,23)24)8-9-27(13)32(30,31)16-5-2-14-3-6-17(20(28)29)18(14)10-16/h2,4-5,7,10-11,13,17H,3,6,8-9,12H2,1H3,(H,28,29)/t13-,17?/m1/s1. The summed E-state index contributed by atoms with van der Waals surface area (Å²) in [7, 11) is -3.87. The van der Waals surface area contributed by atoms with Crippen LogP contribution in [0.1, 0.15) is 36.0 Å². The van der Waals surface area contributed by atoms with Crippen molar-refractivity contribution >= 4 is 21.8 Å². The fourth-order valence-electron chi connectivity index (χ4n) is 4.38. The van der Waals surface area contributed by atoms with Crippen molar-refractivity contribution in [1.82, 2.24) is 9.29 Å². The summed E-state index contributed by atoms with van der Waals surface area (Å²) in [5, 5.41) is 9.41. The molecule has 1 aromatic carbocycles. The van der Waals surface area contributed by atoms with Gasteiger partial charge in [0.05, 0.1) is 16.4 Å². The van der Waals surface area contributed by atoms with Gasteiger partial charge in [0, 0.05) is 31.9 Å². The molecule has 7 nitrogen and oxygen atoms in total. The summed E-state index contributed by atoms with van der Waals surface area (Å²) >= 11 is 0. The normalized spacial score (nSPS) is 22.1. The molecule has 0 saturated carbocycles. The minimum absolute atomic E-state index is 0.0531. The van der Waals surface area contributed by atoms with Crippen molar-refractivity contribution in [3.63, 3.8) is 0 Å². The molecule has 0 amide bonds. The Kier molecular flexibility index (Phi) is 5.66. The molecule has 11 heteroatoms. The van der Waals surface area contributed by atoms with Gasteiger partial charge in [0.2, 0.25) is 10.0 Å². The first-order valence-electron chi connectivity index (χ1n) is 10.1. The number of piperazine rings is 1. The van der Waals surface area contributed by atoms with E-state index in [4.69, 9.17) is 0 Å². The second kappa shape index (κ2) is 8.04. The molecule has 0 spiro atoms. The first-order chi connectivity index (χ1) is 15.0. The average Bonchev–Trinajstić information content (AvgIpc) is 3.16. The van der Waals surface area contributed by atoms with Gasteiger partial charge in [0.15, 0.2) is 0 Å². The van der Waals surface area contributed by atoms with Crippen LogP contribution in [0.25, 0.3) is 0 Å². The Morgan fingerprint density at radius 2 is 1.94 bits per heavy atom. The molecule has 1 aliphatic heterocycles. The minimum atomic E-state index is -4.47. The molecule has 0 radical (unpaired) electrons. The number of rotatable bonds is 4. The van der Waals surface area contributed by atoms with Gasteiger partial charge in [-0.1, -0.05) is 6.07 Å². The largest absolute Gasteiger partial charge is 0.481 e. The highest BCUT2D eigenvalue weighted by Crippen LogP contribution is 2.36. The van der Waals surface area contributed by atoms with E-state index >= 15 is 0 Å². The summed E-state index contributed by atoms with van der Waals surface area (Å²) in [6.07, 6.45) is -2.65. The summed E-state index contributed by atoms with van der Waals surface area (Å²) in [4.78, 5) is 17.2. The Labute approximate surface area is 183 Å². The van der Waals surface area contributed by atoms with Gasteiger partial charge in [-0.05, 0) is 55.2 Å². The number of aliphatic carboxylic acids is 1. The number of alkyl halides is 3. The molecule has 172 valence electrons. The second-order valence-electron chi connectivity index (χ2n) is 8.10. The lowest BCUT2D eigenvalue weighted by Gasteiger charge is -2.39. The third kappa shape index (κ3) is 4.06. The third-order valence-corrected chi connectivity index (χ3v) is 8.08. The first kappa shape index (κ1) is 22.5. The zero-order valence-electron chi connectivity index (χ0n) is 17.2. The molecule has 1 N–H and O–H groups in total. The number of carbonyl (C=O) groups is 1. The van der Waals surface area contributed by atoms with E-state index in [0.29, 0.717) is 24.2 Å². The van der Waals surface area contributed by atoms with E-state index in [1.807, 2.05) is 0 Å². The Bertz CT molecular complexity index is 1140. The number of carboxylic acids is 1. The lowest BCUT2D eigenvalue weighted by atomic mass is 10.0. The molecule has 2 aromatic rings. The zero-order valence-corrected chi connectivity index (χ0v) is 18.0. The van der Waals surface area contributed by atoms with Crippen LogP contribution in [0.15, 0.2) is 41.4 Å². The highest BCUT2D eigenvalue weighted by Gasteiger charge is 2.37. The van der Waals surface area contributed by atoms with Crippen LogP contribution in [0, 0.1) is 0 Å². The Morgan fingerprint density at radius 3 is 2.53 bits per heavy atom. The molecule has 1 fully saturated rings. The average molecular weight is 469 g/mol. The van der Waals surface area contributed by atoms with Crippen molar-refractivity contribution in [2.75, 3.05) is 24.5 Å². The van der Waals surface area contributed by atoms with Crippen molar-refractivity contribution in [3.8, 4) is 0 Å². The third-order valence-electron chi connectivity index (χ3n) is 6.07. The first-order valence-corrected chi connectivity index (χ1v) is 11.6. The van der Waals surface area contributed by atoms with Crippen LogP contribution in [0.5, 0.6) is 0 Å². The minimum Gasteiger partial charge on any atom is -0.481 e. The van der Waals surface area contributed by atoms with Crippen LogP contribution in [-0.4, -0.2) is 54.5 Å². The van der Waals surface area contributed by atoms with E-state index in [2.05, 4.69) is 4.98 Å². The summed E-state index contributed by atoms with van der Waals surface area (Å²) < 4.78 is 66.2. The van der Waals surface area contributed by atoms with Gasteiger partial charge in [-0.25, -0.2) is 13.4 Å².